The van der Waals surface area contributed by atoms with E-state index in [1.807, 2.05) is 0 Å². The van der Waals surface area contributed by atoms with Gasteiger partial charge in [-0.15, -0.1) is 0 Å². The van der Waals surface area contributed by atoms with Crippen molar-refractivity contribution in [3.8, 4) is 0 Å². The van der Waals surface area contributed by atoms with E-state index >= 15 is 0 Å². The Hall–Kier alpha value is -0.650. The van der Waals surface area contributed by atoms with Crippen LogP contribution in [0.2, 0.25) is 0 Å². The fourth-order valence-electron chi connectivity index (χ4n) is 2.65. The molecule has 2 rings (SSSR count). The van der Waals surface area contributed by atoms with Gasteiger partial charge in [0.15, 0.2) is 0 Å². The highest BCUT2D eigenvalue weighted by Gasteiger charge is 2.22. The molecule has 5 nitrogen and oxygen atoms in total. The maximum Gasteiger partial charge on any atom is 0.224 e. The predicted octanol–water partition coefficient (Wildman–Crippen LogP) is -0.177. The van der Waals surface area contributed by atoms with Gasteiger partial charge < -0.3 is 15.4 Å². The smallest absolute Gasteiger partial charge is 0.224 e. The van der Waals surface area contributed by atoms with E-state index in [0.29, 0.717) is 0 Å². The van der Waals surface area contributed by atoms with Gasteiger partial charge in [-0.1, -0.05) is 0 Å². The van der Waals surface area contributed by atoms with Crippen molar-refractivity contribution in [2.45, 2.75) is 25.8 Å². The van der Waals surface area contributed by atoms with E-state index < -0.39 is 0 Å². The van der Waals surface area contributed by atoms with Crippen molar-refractivity contribution in [1.29, 1.82) is 0 Å². The summed E-state index contributed by atoms with van der Waals surface area (Å²) in [6, 6.07) is 0.220. The maximum absolute atomic E-state index is 12.1. The van der Waals surface area contributed by atoms with Crippen LogP contribution in [0.3, 0.4) is 0 Å². The number of nitrogens with zero attached hydrogens (tertiary/aromatic N) is 1. The summed E-state index contributed by atoms with van der Waals surface area (Å²) >= 11 is 0. The zero-order chi connectivity index (χ0) is 12.8. The molecule has 0 spiro atoms. The molecule has 0 saturated carbocycles. The van der Waals surface area contributed by atoms with Crippen LogP contribution in [0.1, 0.15) is 19.8 Å². The minimum Gasteiger partial charge on any atom is -0.379 e. The summed E-state index contributed by atoms with van der Waals surface area (Å²) in [4.78, 5) is 14.4. The highest BCUT2D eigenvalue weighted by molar-refractivity contribution is 5.79. The number of hydrogen-bond donors (Lipinski definition) is 2. The van der Waals surface area contributed by atoms with Crippen molar-refractivity contribution >= 4 is 5.91 Å². The third-order valence-corrected chi connectivity index (χ3v) is 3.69. The van der Waals surface area contributed by atoms with Gasteiger partial charge in [0.25, 0.3) is 0 Å². The molecule has 0 aromatic rings. The molecule has 1 amide bonds. The highest BCUT2D eigenvalue weighted by atomic mass is 16.5. The summed E-state index contributed by atoms with van der Waals surface area (Å²) in [5.41, 5.74) is 0. The fourth-order valence-corrected chi connectivity index (χ4v) is 2.65. The van der Waals surface area contributed by atoms with Gasteiger partial charge in [0.05, 0.1) is 19.1 Å². The zero-order valence-electron chi connectivity index (χ0n) is 11.3. The summed E-state index contributed by atoms with van der Waals surface area (Å²) in [5.74, 6) is 0.369. The minimum atomic E-state index is 0.158. The van der Waals surface area contributed by atoms with E-state index in [2.05, 4.69) is 22.5 Å². The van der Waals surface area contributed by atoms with E-state index in [1.54, 1.807) is 0 Å². The lowest BCUT2D eigenvalue weighted by molar-refractivity contribution is -0.126. The molecule has 2 N–H and O–H groups in total. The summed E-state index contributed by atoms with van der Waals surface area (Å²) in [6.07, 6.45) is 2.12. The molecule has 1 unspecified atom stereocenters. The molecule has 2 saturated heterocycles. The van der Waals surface area contributed by atoms with Gasteiger partial charge in [0.2, 0.25) is 5.91 Å². The maximum atomic E-state index is 12.1. The van der Waals surface area contributed by atoms with Crippen LogP contribution < -0.4 is 10.6 Å². The molecule has 2 heterocycles. The van der Waals surface area contributed by atoms with Gasteiger partial charge in [0, 0.05) is 32.2 Å². The highest BCUT2D eigenvalue weighted by Crippen LogP contribution is 2.10. The van der Waals surface area contributed by atoms with Crippen molar-refractivity contribution in [3.05, 3.63) is 0 Å². The monoisotopic (exact) mass is 255 g/mol. The van der Waals surface area contributed by atoms with Crippen molar-refractivity contribution < 1.29 is 9.53 Å². The van der Waals surface area contributed by atoms with E-state index in [4.69, 9.17) is 4.74 Å². The Balaban J connectivity index is 1.68. The van der Waals surface area contributed by atoms with Crippen molar-refractivity contribution in [1.82, 2.24) is 15.5 Å². The Morgan fingerprint density at radius 2 is 2.28 bits per heavy atom. The number of hydrogen-bond acceptors (Lipinski definition) is 4. The van der Waals surface area contributed by atoms with E-state index in [1.165, 1.54) is 0 Å². The molecule has 2 fully saturated rings. The molecule has 2 atom stereocenters. The molecule has 0 aromatic carbocycles. The number of carbonyl (C=O) groups excluding carboxylic acids is 1. The third-order valence-electron chi connectivity index (χ3n) is 3.69. The van der Waals surface area contributed by atoms with Gasteiger partial charge in [-0.05, 0) is 26.3 Å². The fraction of sp³-hybridized carbons (Fsp3) is 0.923. The molecule has 2 aliphatic rings. The Labute approximate surface area is 109 Å². The van der Waals surface area contributed by atoms with Crippen LogP contribution in [-0.2, 0) is 9.53 Å². The summed E-state index contributed by atoms with van der Waals surface area (Å²) in [6.45, 7) is 8.47. The average molecular weight is 255 g/mol. The molecular formula is C13H25N3O2. The first-order valence-corrected chi connectivity index (χ1v) is 7.07. The topological polar surface area (TPSA) is 53.6 Å². The quantitative estimate of drug-likeness (QED) is 0.732. The normalized spacial score (nSPS) is 27.7. The molecule has 0 radical (unpaired) electrons. The number of ether oxygens (including phenoxy) is 1. The Bertz CT molecular complexity index is 261. The summed E-state index contributed by atoms with van der Waals surface area (Å²) in [5, 5.41) is 6.42. The first-order valence-electron chi connectivity index (χ1n) is 7.07. The predicted molar refractivity (Wildman–Crippen MR) is 70.5 cm³/mol. The Kier molecular flexibility index (Phi) is 5.41. The molecule has 18 heavy (non-hydrogen) atoms. The Morgan fingerprint density at radius 3 is 2.94 bits per heavy atom. The number of amides is 1. The van der Waals surface area contributed by atoms with Crippen LogP contribution in [0.15, 0.2) is 0 Å². The molecule has 0 bridgehead atoms. The lowest BCUT2D eigenvalue weighted by Crippen LogP contribution is -2.49. The van der Waals surface area contributed by atoms with Crippen molar-refractivity contribution in [3.63, 3.8) is 0 Å². The van der Waals surface area contributed by atoms with Gasteiger partial charge in [-0.3, -0.25) is 9.69 Å². The summed E-state index contributed by atoms with van der Waals surface area (Å²) < 4.78 is 5.32. The molecule has 0 aromatic heterocycles. The van der Waals surface area contributed by atoms with E-state index in [-0.39, 0.29) is 17.9 Å². The van der Waals surface area contributed by atoms with Gasteiger partial charge in [0.1, 0.15) is 0 Å². The first kappa shape index (κ1) is 13.8. The molecule has 5 heteroatoms. The van der Waals surface area contributed by atoms with Gasteiger partial charge in [-0.25, -0.2) is 0 Å². The van der Waals surface area contributed by atoms with E-state index in [0.717, 1.165) is 58.8 Å². The molecule has 2 aliphatic heterocycles. The molecule has 0 aliphatic carbocycles. The average Bonchev–Trinajstić information content (AvgIpc) is 2.40. The van der Waals surface area contributed by atoms with Crippen LogP contribution in [0.5, 0.6) is 0 Å². The number of nitrogens with one attached hydrogen (secondary N) is 2. The summed E-state index contributed by atoms with van der Waals surface area (Å²) in [7, 11) is 0. The zero-order valence-corrected chi connectivity index (χ0v) is 11.3. The van der Waals surface area contributed by atoms with Crippen LogP contribution >= 0.6 is 0 Å². The Morgan fingerprint density at radius 1 is 1.50 bits per heavy atom. The van der Waals surface area contributed by atoms with Crippen LogP contribution in [0.25, 0.3) is 0 Å². The second-order valence-electron chi connectivity index (χ2n) is 5.37. The molecular weight excluding hydrogens is 230 g/mol. The van der Waals surface area contributed by atoms with E-state index in [9.17, 15) is 4.79 Å². The van der Waals surface area contributed by atoms with Gasteiger partial charge in [-0.2, -0.15) is 0 Å². The lowest BCUT2D eigenvalue weighted by Gasteiger charge is -2.30. The van der Waals surface area contributed by atoms with Crippen LogP contribution in [0, 0.1) is 5.92 Å². The largest absolute Gasteiger partial charge is 0.379 e. The van der Waals surface area contributed by atoms with Crippen LogP contribution in [0.4, 0.5) is 0 Å². The number of rotatable bonds is 4. The van der Waals surface area contributed by atoms with Crippen LogP contribution in [-0.4, -0.2) is 62.8 Å². The number of carbonyl (C=O) groups is 1. The number of piperidine rings is 1. The molecule has 104 valence electrons. The minimum absolute atomic E-state index is 0.158. The SMILES string of the molecule is CC(CN1CCOCC1)NC(=O)[C@@H]1CCCNC1. The van der Waals surface area contributed by atoms with Gasteiger partial charge >= 0.3 is 0 Å². The first-order chi connectivity index (χ1) is 8.75. The standard InChI is InChI=1S/C13H25N3O2/c1-11(10-16-5-7-18-8-6-16)15-13(17)12-3-2-4-14-9-12/h11-12,14H,2-10H2,1H3,(H,15,17)/t11?,12-/m1/s1. The third kappa shape index (κ3) is 4.23. The van der Waals surface area contributed by atoms with Crippen molar-refractivity contribution in [2.24, 2.45) is 5.92 Å². The second-order valence-corrected chi connectivity index (χ2v) is 5.37. The van der Waals surface area contributed by atoms with Crippen molar-refractivity contribution in [2.75, 3.05) is 45.9 Å². The lowest BCUT2D eigenvalue weighted by atomic mass is 9.98. The second kappa shape index (κ2) is 7.07. The number of morpholine rings is 1.